The molecule has 0 aromatic rings. The SMILES string of the molecule is CC1(C)CC1/C=C(/Cl)C(F)(F)F.O=C(O)O. The Balaban J connectivity index is 0.000000487. The average molecular weight is 261 g/mol. The molecule has 0 bridgehead atoms. The number of allylic oxidation sites excluding steroid dienone is 2. The highest BCUT2D eigenvalue weighted by Crippen LogP contribution is 2.53. The van der Waals surface area contributed by atoms with Gasteiger partial charge in [-0.2, -0.15) is 13.2 Å². The summed E-state index contributed by atoms with van der Waals surface area (Å²) in [6, 6.07) is 0. The molecule has 0 aromatic heterocycles. The van der Waals surface area contributed by atoms with Crippen LogP contribution >= 0.6 is 11.6 Å². The van der Waals surface area contributed by atoms with Gasteiger partial charge in [0, 0.05) is 0 Å². The fourth-order valence-electron chi connectivity index (χ4n) is 1.06. The Morgan fingerprint density at radius 1 is 1.44 bits per heavy atom. The molecular formula is C9H12ClF3O3. The predicted octanol–water partition coefficient (Wildman–Crippen LogP) is 3.94. The fraction of sp³-hybridized carbons (Fsp3) is 0.667. The molecule has 0 radical (unpaired) electrons. The molecular weight excluding hydrogens is 249 g/mol. The summed E-state index contributed by atoms with van der Waals surface area (Å²) >= 11 is 5.06. The van der Waals surface area contributed by atoms with Crippen LogP contribution in [-0.4, -0.2) is 22.5 Å². The van der Waals surface area contributed by atoms with E-state index in [-0.39, 0.29) is 11.3 Å². The van der Waals surface area contributed by atoms with E-state index in [1.165, 1.54) is 0 Å². The number of carboxylic acid groups (broad SMARTS) is 2. The van der Waals surface area contributed by atoms with Crippen LogP contribution in [0.5, 0.6) is 0 Å². The molecule has 0 aromatic carbocycles. The smallest absolute Gasteiger partial charge is 0.450 e. The number of hydrogen-bond acceptors (Lipinski definition) is 1. The Morgan fingerprint density at radius 2 is 1.75 bits per heavy atom. The molecule has 1 unspecified atom stereocenters. The molecule has 1 rings (SSSR count). The molecule has 1 aliphatic rings. The molecule has 1 saturated carbocycles. The van der Waals surface area contributed by atoms with E-state index in [2.05, 4.69) is 0 Å². The van der Waals surface area contributed by atoms with Crippen molar-refractivity contribution in [2.75, 3.05) is 0 Å². The lowest BCUT2D eigenvalue weighted by atomic mass is 10.1. The van der Waals surface area contributed by atoms with Crippen LogP contribution < -0.4 is 0 Å². The van der Waals surface area contributed by atoms with E-state index in [0.29, 0.717) is 0 Å². The van der Waals surface area contributed by atoms with Crippen LogP contribution in [0, 0.1) is 11.3 Å². The van der Waals surface area contributed by atoms with Crippen molar-refractivity contribution >= 4 is 17.8 Å². The van der Waals surface area contributed by atoms with Crippen LogP contribution in [0.3, 0.4) is 0 Å². The van der Waals surface area contributed by atoms with E-state index < -0.39 is 17.4 Å². The second-order valence-corrected chi connectivity index (χ2v) is 4.50. The number of halogens is 4. The van der Waals surface area contributed by atoms with Crippen molar-refractivity contribution in [1.29, 1.82) is 0 Å². The first kappa shape index (κ1) is 15.1. The summed E-state index contributed by atoms with van der Waals surface area (Å²) in [5, 5.41) is 13.0. The lowest BCUT2D eigenvalue weighted by molar-refractivity contribution is -0.0848. The highest BCUT2D eigenvalue weighted by Gasteiger charge is 2.46. The molecule has 0 aliphatic heterocycles. The maximum Gasteiger partial charge on any atom is 0.503 e. The zero-order valence-corrected chi connectivity index (χ0v) is 9.43. The number of hydrogen-bond donors (Lipinski definition) is 2. The van der Waals surface area contributed by atoms with Crippen molar-refractivity contribution in [3.05, 3.63) is 11.1 Å². The second-order valence-electron chi connectivity index (χ2n) is 4.09. The van der Waals surface area contributed by atoms with Crippen LogP contribution in [0.1, 0.15) is 20.3 Å². The van der Waals surface area contributed by atoms with Gasteiger partial charge in [-0.3, -0.25) is 0 Å². The molecule has 0 heterocycles. The third kappa shape index (κ3) is 5.85. The van der Waals surface area contributed by atoms with Gasteiger partial charge in [0.05, 0.1) is 0 Å². The Kier molecular flexibility index (Phi) is 4.67. The molecule has 1 atom stereocenters. The van der Waals surface area contributed by atoms with E-state index in [9.17, 15) is 13.2 Å². The molecule has 0 saturated heterocycles. The van der Waals surface area contributed by atoms with Gasteiger partial charge < -0.3 is 10.2 Å². The Hall–Kier alpha value is -0.910. The predicted molar refractivity (Wildman–Crippen MR) is 52.5 cm³/mol. The van der Waals surface area contributed by atoms with Gasteiger partial charge in [-0.25, -0.2) is 4.79 Å². The Morgan fingerprint density at radius 3 is 1.94 bits per heavy atom. The molecule has 16 heavy (non-hydrogen) atoms. The largest absolute Gasteiger partial charge is 0.503 e. The molecule has 1 aliphatic carbocycles. The molecule has 0 amide bonds. The van der Waals surface area contributed by atoms with Crippen molar-refractivity contribution < 1.29 is 28.2 Å². The molecule has 1 fully saturated rings. The number of carbonyl (C=O) groups is 1. The second kappa shape index (κ2) is 4.95. The quantitative estimate of drug-likeness (QED) is 0.751. The lowest BCUT2D eigenvalue weighted by Gasteiger charge is -2.04. The zero-order chi connectivity index (χ0) is 13.1. The highest BCUT2D eigenvalue weighted by molar-refractivity contribution is 6.30. The minimum absolute atomic E-state index is 0.00535. The van der Waals surface area contributed by atoms with E-state index in [4.69, 9.17) is 26.6 Å². The lowest BCUT2D eigenvalue weighted by Crippen LogP contribution is -2.07. The van der Waals surface area contributed by atoms with Crippen LogP contribution in [0.4, 0.5) is 18.0 Å². The number of alkyl halides is 3. The van der Waals surface area contributed by atoms with E-state index in [0.717, 1.165) is 12.5 Å². The molecule has 2 N–H and O–H groups in total. The molecule has 0 spiro atoms. The number of rotatable bonds is 1. The summed E-state index contributed by atoms with van der Waals surface area (Å²) in [6.07, 6.45) is -4.30. The summed E-state index contributed by atoms with van der Waals surface area (Å²) in [4.78, 5) is 8.56. The van der Waals surface area contributed by atoms with Crippen LogP contribution in [0.2, 0.25) is 0 Å². The van der Waals surface area contributed by atoms with Gasteiger partial charge >= 0.3 is 12.3 Å². The van der Waals surface area contributed by atoms with Gasteiger partial charge in [0.1, 0.15) is 5.03 Å². The first-order chi connectivity index (χ1) is 6.97. The van der Waals surface area contributed by atoms with Crippen LogP contribution in [0.15, 0.2) is 11.1 Å². The van der Waals surface area contributed by atoms with E-state index in [1.807, 2.05) is 13.8 Å². The maximum atomic E-state index is 11.9. The minimum atomic E-state index is -4.37. The third-order valence-electron chi connectivity index (χ3n) is 2.21. The fourth-order valence-corrected chi connectivity index (χ4v) is 1.22. The summed E-state index contributed by atoms with van der Waals surface area (Å²) in [7, 11) is 0. The summed E-state index contributed by atoms with van der Waals surface area (Å²) in [5.41, 5.74) is 0.00535. The Labute approximate surface area is 95.5 Å². The first-order valence-corrected chi connectivity index (χ1v) is 4.71. The van der Waals surface area contributed by atoms with E-state index >= 15 is 0 Å². The monoisotopic (exact) mass is 260 g/mol. The summed E-state index contributed by atoms with van der Waals surface area (Å²) < 4.78 is 35.7. The average Bonchev–Trinajstić information content (AvgIpc) is 2.54. The van der Waals surface area contributed by atoms with Crippen molar-refractivity contribution in [2.45, 2.75) is 26.4 Å². The van der Waals surface area contributed by atoms with Crippen LogP contribution in [0.25, 0.3) is 0 Å². The van der Waals surface area contributed by atoms with Gasteiger partial charge in [-0.1, -0.05) is 31.5 Å². The van der Waals surface area contributed by atoms with Crippen molar-refractivity contribution in [2.24, 2.45) is 11.3 Å². The first-order valence-electron chi connectivity index (χ1n) is 4.33. The van der Waals surface area contributed by atoms with Gasteiger partial charge in [-0.05, 0) is 17.8 Å². The molecule has 3 nitrogen and oxygen atoms in total. The van der Waals surface area contributed by atoms with Gasteiger partial charge in [0.15, 0.2) is 0 Å². The van der Waals surface area contributed by atoms with Gasteiger partial charge in [0.25, 0.3) is 0 Å². The molecule has 94 valence electrons. The Bertz CT molecular complexity index is 293. The van der Waals surface area contributed by atoms with Crippen molar-refractivity contribution in [1.82, 2.24) is 0 Å². The van der Waals surface area contributed by atoms with Crippen molar-refractivity contribution in [3.8, 4) is 0 Å². The van der Waals surface area contributed by atoms with Crippen LogP contribution in [-0.2, 0) is 0 Å². The third-order valence-corrected chi connectivity index (χ3v) is 2.55. The van der Waals surface area contributed by atoms with Gasteiger partial charge in [-0.15, -0.1) is 0 Å². The summed E-state index contributed by atoms with van der Waals surface area (Å²) in [5.74, 6) is -0.00775. The van der Waals surface area contributed by atoms with Gasteiger partial charge in [0.2, 0.25) is 0 Å². The van der Waals surface area contributed by atoms with E-state index in [1.54, 1.807) is 0 Å². The summed E-state index contributed by atoms with van der Waals surface area (Å²) in [6.45, 7) is 3.85. The maximum absolute atomic E-state index is 11.9. The normalized spacial score (nSPS) is 23.1. The standard InChI is InChI=1S/C8H10ClF3.CH2O3/c1-7(2)4-5(7)3-6(9)8(10,11)12;2-1(3)4/h3,5H,4H2,1-2H3;(H2,2,3,4)/b6-3+;. The minimum Gasteiger partial charge on any atom is -0.450 e. The zero-order valence-electron chi connectivity index (χ0n) is 8.68. The topological polar surface area (TPSA) is 57.5 Å². The molecule has 7 heteroatoms. The van der Waals surface area contributed by atoms with Crippen molar-refractivity contribution in [3.63, 3.8) is 0 Å². The highest BCUT2D eigenvalue weighted by atomic mass is 35.5.